The predicted octanol–water partition coefficient (Wildman–Crippen LogP) is 5.30. The van der Waals surface area contributed by atoms with Crippen LogP contribution in [0.1, 0.15) is 36.5 Å². The van der Waals surface area contributed by atoms with Crippen molar-refractivity contribution < 1.29 is 13.2 Å². The highest BCUT2D eigenvalue weighted by atomic mass is 19.1. The van der Waals surface area contributed by atoms with E-state index in [4.69, 9.17) is 0 Å². The maximum Gasteiger partial charge on any atom is 0.123 e. The van der Waals surface area contributed by atoms with Gasteiger partial charge in [0, 0.05) is 0 Å². The average molecular weight is 395 g/mol. The number of unbranched alkanes of at least 4 members (excludes halogenated alkanes) is 1. The third-order valence-electron chi connectivity index (χ3n) is 6.28. The lowest BCUT2D eigenvalue weighted by atomic mass is 9.13. The molecule has 0 saturated carbocycles. The molecule has 0 N–H and O–H groups in total. The van der Waals surface area contributed by atoms with E-state index >= 15 is 0 Å². The van der Waals surface area contributed by atoms with Gasteiger partial charge in [0.2, 0.25) is 0 Å². The summed E-state index contributed by atoms with van der Waals surface area (Å²) in [6.07, 6.45) is 1.23. The van der Waals surface area contributed by atoms with E-state index in [0.29, 0.717) is 0 Å². The van der Waals surface area contributed by atoms with E-state index in [1.54, 1.807) is 18.2 Å². The van der Waals surface area contributed by atoms with Gasteiger partial charge in [-0.25, -0.2) is 13.2 Å². The third-order valence-corrected chi connectivity index (χ3v) is 6.28. The summed E-state index contributed by atoms with van der Waals surface area (Å²) in [5.41, 5.74) is 5.66. The highest BCUT2D eigenvalue weighted by Crippen LogP contribution is 2.22. The molecule has 0 aromatic heterocycles. The van der Waals surface area contributed by atoms with Crippen molar-refractivity contribution in [2.45, 2.75) is 46.9 Å². The molecule has 0 nitrogen and oxygen atoms in total. The number of hydrogen-bond donors (Lipinski definition) is 0. The Morgan fingerprint density at radius 3 is 1.24 bits per heavy atom. The molecule has 4 heteroatoms. The summed E-state index contributed by atoms with van der Waals surface area (Å²) in [5, 5.41) is 0. The highest BCUT2D eigenvalue weighted by Gasteiger charge is 2.33. The lowest BCUT2D eigenvalue weighted by Crippen LogP contribution is -2.69. The first-order valence-corrected chi connectivity index (χ1v) is 10.3. The van der Waals surface area contributed by atoms with Crippen LogP contribution in [0.25, 0.3) is 0 Å². The van der Waals surface area contributed by atoms with Crippen LogP contribution >= 0.6 is 0 Å². The summed E-state index contributed by atoms with van der Waals surface area (Å²) in [6.45, 7) is 7.88. The lowest BCUT2D eigenvalue weighted by molar-refractivity contribution is 0.627. The monoisotopic (exact) mass is 395 g/mol. The molecule has 3 rings (SSSR count). The van der Waals surface area contributed by atoms with E-state index in [1.165, 1.54) is 18.2 Å². The smallest absolute Gasteiger partial charge is 0.123 e. The Morgan fingerprint density at radius 1 is 0.621 bits per heavy atom. The van der Waals surface area contributed by atoms with Crippen LogP contribution in [-0.4, -0.2) is 6.15 Å². The van der Waals surface area contributed by atoms with Gasteiger partial charge in [0.1, 0.15) is 17.5 Å². The molecule has 0 aliphatic heterocycles. The van der Waals surface area contributed by atoms with E-state index in [0.717, 1.165) is 52.2 Å². The van der Waals surface area contributed by atoms with Crippen LogP contribution in [0.3, 0.4) is 0 Å². The summed E-state index contributed by atoms with van der Waals surface area (Å²) in [5.74, 6) is -0.839. The van der Waals surface area contributed by atoms with Crippen molar-refractivity contribution in [1.29, 1.82) is 0 Å². The molecule has 0 aliphatic carbocycles. The molecular formula is C25H27BF3-. The second kappa shape index (κ2) is 8.48. The minimum Gasteiger partial charge on any atom is -0.207 e. The van der Waals surface area contributed by atoms with Crippen molar-refractivity contribution >= 4 is 22.5 Å². The van der Waals surface area contributed by atoms with E-state index in [2.05, 4.69) is 6.92 Å². The molecule has 3 aromatic rings. The van der Waals surface area contributed by atoms with Crippen molar-refractivity contribution in [2.24, 2.45) is 0 Å². The Labute approximate surface area is 171 Å². The van der Waals surface area contributed by atoms with Crippen LogP contribution in [0.5, 0.6) is 0 Å². The standard InChI is InChI=1S/C25H27BF3/c1-5-6-13-26(23-10-7-20(27)14-17(23)2,24-11-8-21(28)15-18(24)3)25-12-9-22(29)16-19(25)4/h7-12,14-16H,5-6,13H2,1-4H3/q-1. The maximum absolute atomic E-state index is 14.0. The van der Waals surface area contributed by atoms with Gasteiger partial charge in [-0.15, -0.1) is 0 Å². The first-order valence-electron chi connectivity index (χ1n) is 10.3. The Morgan fingerprint density at radius 2 is 0.966 bits per heavy atom. The van der Waals surface area contributed by atoms with Gasteiger partial charge < -0.3 is 0 Å². The summed E-state index contributed by atoms with van der Waals surface area (Å²) in [4.78, 5) is 0. The van der Waals surface area contributed by atoms with Gasteiger partial charge >= 0.3 is 0 Å². The molecule has 0 spiro atoms. The van der Waals surface area contributed by atoms with E-state index in [-0.39, 0.29) is 17.5 Å². The van der Waals surface area contributed by atoms with E-state index in [1.807, 2.05) is 39.0 Å². The van der Waals surface area contributed by atoms with Crippen molar-refractivity contribution in [1.82, 2.24) is 0 Å². The van der Waals surface area contributed by atoms with Gasteiger partial charge in [-0.1, -0.05) is 54.7 Å². The average Bonchev–Trinajstić information content (AvgIpc) is 2.65. The molecule has 0 radical (unpaired) electrons. The zero-order valence-electron chi connectivity index (χ0n) is 17.5. The van der Waals surface area contributed by atoms with Gasteiger partial charge in [-0.3, -0.25) is 0 Å². The molecule has 0 aliphatic rings. The Balaban J connectivity index is 2.44. The number of hydrogen-bond acceptors (Lipinski definition) is 0. The lowest BCUT2D eigenvalue weighted by Gasteiger charge is -2.46. The molecule has 0 saturated heterocycles. The topological polar surface area (TPSA) is 0 Å². The Kier molecular flexibility index (Phi) is 6.21. The normalized spacial score (nSPS) is 11.7. The Bertz CT molecular complexity index is 901. The van der Waals surface area contributed by atoms with Crippen LogP contribution in [0, 0.1) is 38.2 Å². The zero-order valence-corrected chi connectivity index (χ0v) is 17.5. The summed E-state index contributed by atoms with van der Waals surface area (Å²) in [7, 11) is 0. The fourth-order valence-corrected chi connectivity index (χ4v) is 5.06. The molecule has 0 atom stereocenters. The van der Waals surface area contributed by atoms with Gasteiger partial charge in [-0.05, 0) is 57.2 Å². The van der Waals surface area contributed by atoms with Crippen LogP contribution in [0.4, 0.5) is 13.2 Å². The maximum atomic E-state index is 14.0. The second-order valence-corrected chi connectivity index (χ2v) is 8.19. The van der Waals surface area contributed by atoms with Crippen LogP contribution in [0.15, 0.2) is 54.6 Å². The third kappa shape index (κ3) is 3.98. The van der Waals surface area contributed by atoms with Crippen LogP contribution < -0.4 is 16.4 Å². The fourth-order valence-electron chi connectivity index (χ4n) is 5.06. The first-order chi connectivity index (χ1) is 13.8. The first kappa shape index (κ1) is 21.2. The van der Waals surface area contributed by atoms with Gasteiger partial charge in [0.15, 0.2) is 0 Å². The number of aryl methyl sites for hydroxylation is 3. The van der Waals surface area contributed by atoms with Crippen molar-refractivity contribution in [3.05, 3.63) is 88.7 Å². The fraction of sp³-hybridized carbons (Fsp3) is 0.280. The quantitative estimate of drug-likeness (QED) is 0.497. The Hall–Kier alpha value is -2.49. The molecule has 29 heavy (non-hydrogen) atoms. The molecule has 0 unspecified atom stereocenters. The highest BCUT2D eigenvalue weighted by molar-refractivity contribution is 7.12. The summed E-state index contributed by atoms with van der Waals surface area (Å²) in [6, 6.07) is 14.7. The van der Waals surface area contributed by atoms with Crippen molar-refractivity contribution in [3.8, 4) is 0 Å². The van der Waals surface area contributed by atoms with Crippen LogP contribution in [0.2, 0.25) is 6.32 Å². The predicted molar refractivity (Wildman–Crippen MR) is 118 cm³/mol. The van der Waals surface area contributed by atoms with Gasteiger partial charge in [0.05, 0.1) is 6.15 Å². The molecule has 0 fully saturated rings. The summed E-state index contributed by atoms with van der Waals surface area (Å²) >= 11 is 0. The number of halogens is 3. The van der Waals surface area contributed by atoms with Gasteiger partial charge in [-0.2, -0.15) is 22.7 Å². The molecule has 152 valence electrons. The van der Waals surface area contributed by atoms with Crippen molar-refractivity contribution in [3.63, 3.8) is 0 Å². The minimum absolute atomic E-state index is 0.280. The molecule has 0 bridgehead atoms. The van der Waals surface area contributed by atoms with E-state index in [9.17, 15) is 13.2 Å². The minimum atomic E-state index is -1.53. The van der Waals surface area contributed by atoms with E-state index < -0.39 is 6.15 Å². The van der Waals surface area contributed by atoms with Gasteiger partial charge in [0.25, 0.3) is 0 Å². The SMILES string of the molecule is CCCC[B-](c1ccc(F)cc1C)(c1ccc(F)cc1C)c1ccc(F)cc1C. The molecule has 0 amide bonds. The number of rotatable bonds is 6. The zero-order chi connectivity index (χ0) is 21.2. The summed E-state index contributed by atoms with van der Waals surface area (Å²) < 4.78 is 41.9. The molecule has 0 heterocycles. The molecular weight excluding hydrogens is 368 g/mol. The number of benzene rings is 3. The van der Waals surface area contributed by atoms with Crippen molar-refractivity contribution in [2.75, 3.05) is 0 Å². The molecule has 3 aromatic carbocycles. The second-order valence-electron chi connectivity index (χ2n) is 8.19. The largest absolute Gasteiger partial charge is 0.207 e. The van der Waals surface area contributed by atoms with Crippen LogP contribution in [-0.2, 0) is 0 Å².